The fraction of sp³-hybridized carbons (Fsp3) is 0.444. The average Bonchev–Trinajstić information content (AvgIpc) is 2.43. The maximum atomic E-state index is 11.2. The summed E-state index contributed by atoms with van der Waals surface area (Å²) >= 11 is 11.4. The van der Waals surface area contributed by atoms with Gasteiger partial charge in [0.25, 0.3) is 0 Å². The molecule has 0 aromatic heterocycles. The van der Waals surface area contributed by atoms with Crippen molar-refractivity contribution in [3.05, 3.63) is 22.2 Å². The first kappa shape index (κ1) is 10.2. The summed E-state index contributed by atoms with van der Waals surface area (Å²) in [5.74, 6) is -0.399. The number of ether oxygens (including phenoxy) is 1. The zero-order valence-electron chi connectivity index (χ0n) is 7.17. The van der Waals surface area contributed by atoms with E-state index in [0.717, 1.165) is 0 Å². The van der Waals surface area contributed by atoms with Crippen LogP contribution in [0.3, 0.4) is 0 Å². The molecule has 0 saturated carbocycles. The summed E-state index contributed by atoms with van der Waals surface area (Å²) in [5.41, 5.74) is -0.790. The van der Waals surface area contributed by atoms with Gasteiger partial charge >= 0.3 is 0 Å². The normalized spacial score (nSPS) is 30.5. The number of carbonyl (C=O) groups excluding carboxylic acids is 1. The highest BCUT2D eigenvalue weighted by atomic mass is 35.5. The molecule has 2 aliphatic rings. The van der Waals surface area contributed by atoms with Gasteiger partial charge in [-0.25, -0.2) is 0 Å². The molecule has 0 amide bonds. The van der Waals surface area contributed by atoms with Crippen molar-refractivity contribution in [1.29, 1.82) is 0 Å². The molecule has 1 spiro atoms. The van der Waals surface area contributed by atoms with Gasteiger partial charge in [-0.1, -0.05) is 23.2 Å². The Kier molecular flexibility index (Phi) is 2.43. The predicted octanol–water partition coefficient (Wildman–Crippen LogP) is 1.68. The average molecular weight is 235 g/mol. The number of allylic oxidation sites excluding steroid dienone is 2. The van der Waals surface area contributed by atoms with Crippen LogP contribution in [0.15, 0.2) is 22.2 Å². The Morgan fingerprint density at radius 1 is 1.43 bits per heavy atom. The zero-order valence-corrected chi connectivity index (χ0v) is 8.68. The lowest BCUT2D eigenvalue weighted by Gasteiger charge is -2.24. The largest absolute Gasteiger partial charge is 0.368 e. The van der Waals surface area contributed by atoms with Gasteiger partial charge in [-0.2, -0.15) is 0 Å². The van der Waals surface area contributed by atoms with Crippen molar-refractivity contribution in [2.24, 2.45) is 0 Å². The minimum atomic E-state index is -0.815. The number of halogens is 2. The first-order valence-corrected chi connectivity index (χ1v) is 4.95. The Hall–Kier alpha value is -0.350. The van der Waals surface area contributed by atoms with Crippen molar-refractivity contribution < 1.29 is 14.6 Å². The molecule has 2 rings (SSSR count). The molecule has 1 fully saturated rings. The standard InChI is InChI=1S/C9H8Cl2O3/c10-5-3-9(2-1-7(12)14-9)4-6(11)8(5)13/h3-4,7,12H,1-2H2. The molecule has 14 heavy (non-hydrogen) atoms. The quantitative estimate of drug-likeness (QED) is 0.694. The van der Waals surface area contributed by atoms with Crippen molar-refractivity contribution in [3.8, 4) is 0 Å². The number of rotatable bonds is 0. The van der Waals surface area contributed by atoms with Crippen LogP contribution in [0.25, 0.3) is 0 Å². The van der Waals surface area contributed by atoms with Crippen LogP contribution in [-0.4, -0.2) is 22.8 Å². The molecule has 1 N–H and O–H groups in total. The van der Waals surface area contributed by atoms with Crippen molar-refractivity contribution >= 4 is 29.0 Å². The van der Waals surface area contributed by atoms with E-state index in [-0.39, 0.29) is 10.1 Å². The summed E-state index contributed by atoms with van der Waals surface area (Å²) in [5, 5.41) is 9.33. The van der Waals surface area contributed by atoms with Gasteiger partial charge in [0.05, 0.1) is 10.1 Å². The Labute approximate surface area is 90.9 Å². The Morgan fingerprint density at radius 2 is 2.00 bits per heavy atom. The van der Waals surface area contributed by atoms with E-state index in [2.05, 4.69) is 0 Å². The highest BCUT2D eigenvalue weighted by Gasteiger charge is 2.40. The molecule has 0 aromatic carbocycles. The van der Waals surface area contributed by atoms with Crippen molar-refractivity contribution in [1.82, 2.24) is 0 Å². The van der Waals surface area contributed by atoms with Crippen LogP contribution in [0.5, 0.6) is 0 Å². The van der Waals surface area contributed by atoms with E-state index >= 15 is 0 Å². The van der Waals surface area contributed by atoms with Crippen LogP contribution < -0.4 is 0 Å². The monoisotopic (exact) mass is 234 g/mol. The Bertz CT molecular complexity index is 324. The molecule has 1 atom stereocenters. The van der Waals surface area contributed by atoms with Crippen LogP contribution in [0.4, 0.5) is 0 Å². The summed E-state index contributed by atoms with van der Waals surface area (Å²) in [4.78, 5) is 11.2. The third-order valence-corrected chi connectivity index (χ3v) is 2.87. The van der Waals surface area contributed by atoms with Gasteiger partial charge in [0.15, 0.2) is 6.29 Å². The van der Waals surface area contributed by atoms with Gasteiger partial charge in [-0.3, -0.25) is 4.79 Å². The van der Waals surface area contributed by atoms with Gasteiger partial charge in [0.1, 0.15) is 5.60 Å². The van der Waals surface area contributed by atoms with E-state index in [0.29, 0.717) is 12.8 Å². The van der Waals surface area contributed by atoms with Gasteiger partial charge in [0.2, 0.25) is 5.78 Å². The van der Waals surface area contributed by atoms with Gasteiger partial charge in [0, 0.05) is 6.42 Å². The molecule has 0 aromatic rings. The number of Topliss-reactive ketones (excluding diaryl/α,β-unsaturated/α-hetero) is 1. The fourth-order valence-electron chi connectivity index (χ4n) is 1.65. The molecule has 1 saturated heterocycles. The molecule has 1 unspecified atom stereocenters. The number of hydrogen-bond acceptors (Lipinski definition) is 3. The molecular weight excluding hydrogens is 227 g/mol. The third-order valence-electron chi connectivity index (χ3n) is 2.31. The van der Waals surface area contributed by atoms with Gasteiger partial charge < -0.3 is 9.84 Å². The van der Waals surface area contributed by atoms with Gasteiger partial charge in [-0.15, -0.1) is 0 Å². The summed E-state index contributed by atoms with van der Waals surface area (Å²) in [6.07, 6.45) is 3.27. The lowest BCUT2D eigenvalue weighted by Crippen LogP contribution is -2.28. The number of aliphatic hydroxyl groups excluding tert-OH is 1. The summed E-state index contributed by atoms with van der Waals surface area (Å²) < 4.78 is 5.26. The maximum absolute atomic E-state index is 11.2. The van der Waals surface area contributed by atoms with Crippen molar-refractivity contribution in [3.63, 3.8) is 0 Å². The first-order chi connectivity index (χ1) is 6.52. The molecular formula is C9H8Cl2O3. The topological polar surface area (TPSA) is 46.5 Å². The number of hydrogen-bond donors (Lipinski definition) is 1. The molecule has 1 aliphatic heterocycles. The number of carbonyl (C=O) groups is 1. The second-order valence-electron chi connectivity index (χ2n) is 3.38. The Balaban J connectivity index is 2.35. The third kappa shape index (κ3) is 1.61. The van der Waals surface area contributed by atoms with E-state index in [1.54, 1.807) is 0 Å². The number of ketones is 1. The summed E-state index contributed by atoms with van der Waals surface area (Å²) in [7, 11) is 0. The van der Waals surface area contributed by atoms with Crippen LogP contribution in [0.1, 0.15) is 12.8 Å². The van der Waals surface area contributed by atoms with E-state index in [4.69, 9.17) is 27.9 Å². The summed E-state index contributed by atoms with van der Waals surface area (Å²) in [6.45, 7) is 0. The molecule has 0 bridgehead atoms. The Morgan fingerprint density at radius 3 is 2.43 bits per heavy atom. The molecule has 1 aliphatic carbocycles. The molecule has 3 nitrogen and oxygen atoms in total. The van der Waals surface area contributed by atoms with Crippen molar-refractivity contribution in [2.75, 3.05) is 0 Å². The van der Waals surface area contributed by atoms with Gasteiger partial charge in [-0.05, 0) is 18.6 Å². The molecule has 5 heteroatoms. The van der Waals surface area contributed by atoms with Crippen LogP contribution >= 0.6 is 23.2 Å². The lowest BCUT2D eigenvalue weighted by atomic mass is 9.94. The van der Waals surface area contributed by atoms with E-state index in [9.17, 15) is 9.90 Å². The van der Waals surface area contributed by atoms with E-state index in [1.165, 1.54) is 12.2 Å². The second kappa shape index (κ2) is 3.35. The zero-order chi connectivity index (χ0) is 10.3. The molecule has 1 heterocycles. The smallest absolute Gasteiger partial charge is 0.215 e. The maximum Gasteiger partial charge on any atom is 0.215 e. The highest BCUT2D eigenvalue weighted by Crippen LogP contribution is 2.38. The molecule has 0 radical (unpaired) electrons. The number of aliphatic hydroxyl groups is 1. The first-order valence-electron chi connectivity index (χ1n) is 4.20. The predicted molar refractivity (Wildman–Crippen MR) is 51.9 cm³/mol. The summed E-state index contributed by atoms with van der Waals surface area (Å²) in [6, 6.07) is 0. The lowest BCUT2D eigenvalue weighted by molar-refractivity contribution is -0.114. The SMILES string of the molecule is O=C1C(Cl)=CC2(C=C1Cl)CCC(O)O2. The van der Waals surface area contributed by atoms with E-state index < -0.39 is 17.7 Å². The second-order valence-corrected chi connectivity index (χ2v) is 4.19. The minimum Gasteiger partial charge on any atom is -0.368 e. The minimum absolute atomic E-state index is 0.0478. The highest BCUT2D eigenvalue weighted by molar-refractivity contribution is 6.55. The van der Waals surface area contributed by atoms with Crippen LogP contribution in [0, 0.1) is 0 Å². The van der Waals surface area contributed by atoms with Crippen molar-refractivity contribution in [2.45, 2.75) is 24.7 Å². The van der Waals surface area contributed by atoms with E-state index in [1.807, 2.05) is 0 Å². The van der Waals surface area contributed by atoms with Crippen LogP contribution in [-0.2, 0) is 9.53 Å². The molecule has 76 valence electrons. The fourth-order valence-corrected chi connectivity index (χ4v) is 2.27. The van der Waals surface area contributed by atoms with Crippen LogP contribution in [0.2, 0.25) is 0 Å².